The van der Waals surface area contributed by atoms with E-state index in [1.807, 2.05) is 30.3 Å². The number of sulfonamides is 1. The predicted molar refractivity (Wildman–Crippen MR) is 143 cm³/mol. The van der Waals surface area contributed by atoms with Crippen LogP contribution < -0.4 is 10.0 Å². The Hall–Kier alpha value is -3.66. The Bertz CT molecular complexity index is 1490. The van der Waals surface area contributed by atoms with Crippen LogP contribution in [0.25, 0.3) is 22.1 Å². The molecule has 3 aromatic carbocycles. The molecule has 1 aliphatic heterocycles. The first-order valence-electron chi connectivity index (χ1n) is 12.2. The monoisotopic (exact) mass is 519 g/mol. The van der Waals surface area contributed by atoms with Crippen LogP contribution in [0.1, 0.15) is 16.1 Å². The Morgan fingerprint density at radius 1 is 0.946 bits per heavy atom. The number of amides is 1. The highest BCUT2D eigenvalue weighted by Crippen LogP contribution is 2.29. The van der Waals surface area contributed by atoms with E-state index >= 15 is 0 Å². The van der Waals surface area contributed by atoms with Crippen molar-refractivity contribution in [1.29, 1.82) is 0 Å². The molecule has 0 saturated carbocycles. The third-order valence-corrected chi connectivity index (χ3v) is 7.88. The van der Waals surface area contributed by atoms with E-state index in [1.165, 1.54) is 0 Å². The van der Waals surface area contributed by atoms with Crippen molar-refractivity contribution >= 4 is 32.6 Å². The molecule has 1 amide bonds. The molecule has 1 fully saturated rings. The van der Waals surface area contributed by atoms with E-state index in [4.69, 9.17) is 9.15 Å². The lowest BCUT2D eigenvalue weighted by Crippen LogP contribution is -2.41. The molecule has 192 valence electrons. The maximum atomic E-state index is 13.0. The van der Waals surface area contributed by atoms with Gasteiger partial charge in [0.2, 0.25) is 0 Å². The first-order valence-corrected chi connectivity index (χ1v) is 13.7. The minimum atomic E-state index is -3.80. The van der Waals surface area contributed by atoms with Crippen molar-refractivity contribution in [3.63, 3.8) is 0 Å². The number of nitrogens with one attached hydrogen (secondary N) is 2. The van der Waals surface area contributed by atoms with Gasteiger partial charge < -0.3 is 14.5 Å². The van der Waals surface area contributed by atoms with Crippen LogP contribution in [0.2, 0.25) is 0 Å². The number of benzene rings is 3. The van der Waals surface area contributed by atoms with Gasteiger partial charge in [0.15, 0.2) is 5.76 Å². The molecular weight excluding hydrogens is 490 g/mol. The van der Waals surface area contributed by atoms with Crippen molar-refractivity contribution in [3.05, 3.63) is 84.1 Å². The SMILES string of the molecule is Cc1c(C(=O)NCCN2CCOCC2)oc2ccc(NS(=O)(=O)c3ccc(-c4ccccc4)cc3)cc12. The quantitative estimate of drug-likeness (QED) is 0.361. The number of anilines is 1. The van der Waals surface area contributed by atoms with Crippen LogP contribution in [0.4, 0.5) is 5.69 Å². The lowest BCUT2D eigenvalue weighted by molar-refractivity contribution is 0.0382. The molecule has 8 nitrogen and oxygen atoms in total. The number of rotatable bonds is 8. The van der Waals surface area contributed by atoms with Crippen LogP contribution in [0.5, 0.6) is 0 Å². The van der Waals surface area contributed by atoms with Gasteiger partial charge in [0.1, 0.15) is 5.58 Å². The molecule has 0 aliphatic carbocycles. The molecular formula is C28H29N3O5S. The summed E-state index contributed by atoms with van der Waals surface area (Å²) in [6, 6.07) is 21.5. The Kier molecular flexibility index (Phi) is 7.27. The van der Waals surface area contributed by atoms with Crippen LogP contribution in [0, 0.1) is 6.92 Å². The highest BCUT2D eigenvalue weighted by atomic mass is 32.2. The molecule has 1 saturated heterocycles. The molecule has 0 bridgehead atoms. The number of furan rings is 1. The van der Waals surface area contributed by atoms with Gasteiger partial charge >= 0.3 is 0 Å². The molecule has 0 unspecified atom stereocenters. The molecule has 4 aromatic rings. The average Bonchev–Trinajstić information content (AvgIpc) is 3.25. The average molecular weight is 520 g/mol. The van der Waals surface area contributed by atoms with Crippen molar-refractivity contribution in [2.24, 2.45) is 0 Å². The van der Waals surface area contributed by atoms with Gasteiger partial charge in [-0.15, -0.1) is 0 Å². The van der Waals surface area contributed by atoms with E-state index in [9.17, 15) is 13.2 Å². The molecule has 2 N–H and O–H groups in total. The summed E-state index contributed by atoms with van der Waals surface area (Å²) in [4.78, 5) is 15.1. The van der Waals surface area contributed by atoms with Crippen LogP contribution in [0.3, 0.4) is 0 Å². The molecule has 37 heavy (non-hydrogen) atoms. The molecule has 0 radical (unpaired) electrons. The van der Waals surface area contributed by atoms with E-state index in [1.54, 1.807) is 49.4 Å². The van der Waals surface area contributed by atoms with Gasteiger partial charge in [-0.05, 0) is 48.4 Å². The highest BCUT2D eigenvalue weighted by Gasteiger charge is 2.20. The number of morpholine rings is 1. The second-order valence-electron chi connectivity index (χ2n) is 8.97. The minimum Gasteiger partial charge on any atom is -0.451 e. The highest BCUT2D eigenvalue weighted by molar-refractivity contribution is 7.92. The number of aryl methyl sites for hydroxylation is 1. The summed E-state index contributed by atoms with van der Waals surface area (Å²) in [7, 11) is -3.80. The van der Waals surface area contributed by atoms with Crippen molar-refractivity contribution in [2.45, 2.75) is 11.8 Å². The molecule has 9 heteroatoms. The van der Waals surface area contributed by atoms with Crippen molar-refractivity contribution < 1.29 is 22.4 Å². The van der Waals surface area contributed by atoms with Crippen molar-refractivity contribution in [2.75, 3.05) is 44.1 Å². The zero-order valence-corrected chi connectivity index (χ0v) is 21.4. The fourth-order valence-corrected chi connectivity index (χ4v) is 5.45. The van der Waals surface area contributed by atoms with Crippen LogP contribution in [-0.2, 0) is 14.8 Å². The van der Waals surface area contributed by atoms with E-state index in [2.05, 4.69) is 14.9 Å². The smallest absolute Gasteiger partial charge is 0.287 e. The Balaban J connectivity index is 1.28. The molecule has 5 rings (SSSR count). The van der Waals surface area contributed by atoms with E-state index in [-0.39, 0.29) is 16.6 Å². The van der Waals surface area contributed by atoms with Gasteiger partial charge in [-0.3, -0.25) is 14.4 Å². The van der Waals surface area contributed by atoms with Gasteiger partial charge in [0, 0.05) is 42.8 Å². The Morgan fingerprint density at radius 2 is 1.65 bits per heavy atom. The fourth-order valence-electron chi connectivity index (χ4n) is 4.40. The second kappa shape index (κ2) is 10.8. The maximum Gasteiger partial charge on any atom is 0.287 e. The van der Waals surface area contributed by atoms with Crippen LogP contribution in [-0.4, -0.2) is 58.6 Å². The summed E-state index contributed by atoms with van der Waals surface area (Å²) in [6.07, 6.45) is 0. The van der Waals surface area contributed by atoms with Gasteiger partial charge in [0.05, 0.1) is 18.1 Å². The maximum absolute atomic E-state index is 13.0. The number of hydrogen-bond donors (Lipinski definition) is 2. The van der Waals surface area contributed by atoms with Gasteiger partial charge in [0.25, 0.3) is 15.9 Å². The van der Waals surface area contributed by atoms with Crippen molar-refractivity contribution in [3.8, 4) is 11.1 Å². The number of carbonyl (C=O) groups is 1. The lowest BCUT2D eigenvalue weighted by atomic mass is 10.1. The summed E-state index contributed by atoms with van der Waals surface area (Å²) < 4.78 is 39.8. The van der Waals surface area contributed by atoms with E-state index in [0.29, 0.717) is 42.0 Å². The summed E-state index contributed by atoms with van der Waals surface area (Å²) in [5.41, 5.74) is 3.52. The molecule has 1 aromatic heterocycles. The summed E-state index contributed by atoms with van der Waals surface area (Å²) in [6.45, 7) is 6.17. The zero-order chi connectivity index (χ0) is 25.8. The number of fused-ring (bicyclic) bond motifs is 1. The lowest BCUT2D eigenvalue weighted by Gasteiger charge is -2.26. The van der Waals surface area contributed by atoms with Crippen molar-refractivity contribution in [1.82, 2.24) is 10.2 Å². The topological polar surface area (TPSA) is 101 Å². The summed E-state index contributed by atoms with van der Waals surface area (Å²) in [5.74, 6) is -0.0592. The summed E-state index contributed by atoms with van der Waals surface area (Å²) in [5, 5.41) is 3.59. The standard InChI is InChI=1S/C28H29N3O5S/c1-20-25-19-23(30-37(33,34)24-10-7-22(8-11-24)21-5-3-2-4-6-21)9-12-26(25)36-27(20)28(32)29-13-14-31-15-17-35-18-16-31/h2-12,19,30H,13-18H2,1H3,(H,29,32). The first-order chi connectivity index (χ1) is 17.9. The van der Waals surface area contributed by atoms with Gasteiger partial charge in [-0.25, -0.2) is 8.42 Å². The molecule has 1 aliphatic rings. The molecule has 0 atom stereocenters. The first kappa shape index (κ1) is 25.0. The number of ether oxygens (including phenoxy) is 1. The zero-order valence-electron chi connectivity index (χ0n) is 20.6. The number of nitrogens with zero attached hydrogens (tertiary/aromatic N) is 1. The second-order valence-corrected chi connectivity index (χ2v) is 10.7. The van der Waals surface area contributed by atoms with Crippen LogP contribution in [0.15, 0.2) is 82.1 Å². The Morgan fingerprint density at radius 3 is 2.38 bits per heavy atom. The third-order valence-electron chi connectivity index (χ3n) is 6.48. The fraction of sp³-hybridized carbons (Fsp3) is 0.250. The van der Waals surface area contributed by atoms with Crippen LogP contribution >= 0.6 is 0 Å². The third kappa shape index (κ3) is 5.69. The summed E-state index contributed by atoms with van der Waals surface area (Å²) >= 11 is 0. The minimum absolute atomic E-state index is 0.163. The Labute approximate surface area is 216 Å². The number of carbonyl (C=O) groups excluding carboxylic acids is 1. The normalized spacial score (nSPS) is 14.5. The largest absolute Gasteiger partial charge is 0.451 e. The number of hydrogen-bond acceptors (Lipinski definition) is 6. The van der Waals surface area contributed by atoms with Gasteiger partial charge in [-0.1, -0.05) is 42.5 Å². The predicted octanol–water partition coefficient (Wildman–Crippen LogP) is 4.27. The molecule has 0 spiro atoms. The van der Waals surface area contributed by atoms with E-state index in [0.717, 1.165) is 30.8 Å². The van der Waals surface area contributed by atoms with E-state index < -0.39 is 10.0 Å². The molecule has 2 heterocycles. The van der Waals surface area contributed by atoms with Gasteiger partial charge in [-0.2, -0.15) is 0 Å².